The Kier molecular flexibility index (Phi) is 4.94. The molecule has 1 N–H and O–H groups in total. The van der Waals surface area contributed by atoms with Crippen LogP contribution < -0.4 is 0 Å². The maximum absolute atomic E-state index is 12.9. The van der Waals surface area contributed by atoms with E-state index in [1.165, 1.54) is 17.7 Å². The third kappa shape index (κ3) is 3.47. The van der Waals surface area contributed by atoms with E-state index in [2.05, 4.69) is 6.58 Å². The van der Waals surface area contributed by atoms with Gasteiger partial charge in [0.15, 0.2) is 0 Å². The number of allylic oxidation sites excluding steroid dienone is 1. The first-order chi connectivity index (χ1) is 9.61. The smallest absolute Gasteiger partial charge is 0.307 e. The number of halogens is 1. The van der Waals surface area contributed by atoms with E-state index >= 15 is 0 Å². The number of carboxylic acids is 1. The van der Waals surface area contributed by atoms with Gasteiger partial charge >= 0.3 is 5.97 Å². The monoisotopic (exact) mass is 276 g/mol. The number of carboxylic acid groups (broad SMARTS) is 1. The van der Waals surface area contributed by atoms with Gasteiger partial charge in [0, 0.05) is 0 Å². The fraction of sp³-hybridized carbons (Fsp3) is 0.471. The van der Waals surface area contributed by atoms with Gasteiger partial charge in [-0.3, -0.25) is 4.79 Å². The molecule has 1 aliphatic rings. The minimum Gasteiger partial charge on any atom is -0.481 e. The summed E-state index contributed by atoms with van der Waals surface area (Å²) in [6.45, 7) is 3.65. The van der Waals surface area contributed by atoms with Crippen molar-refractivity contribution in [1.29, 1.82) is 0 Å². The first-order valence-corrected chi connectivity index (χ1v) is 7.21. The van der Waals surface area contributed by atoms with Gasteiger partial charge in [-0.1, -0.05) is 18.2 Å². The Bertz CT molecular complexity index is 458. The molecule has 1 aromatic rings. The van der Waals surface area contributed by atoms with Gasteiger partial charge < -0.3 is 5.11 Å². The second kappa shape index (κ2) is 6.69. The van der Waals surface area contributed by atoms with Crippen LogP contribution in [-0.4, -0.2) is 11.1 Å². The van der Waals surface area contributed by atoms with Crippen LogP contribution >= 0.6 is 0 Å². The molecule has 0 radical (unpaired) electrons. The Balaban J connectivity index is 1.96. The zero-order valence-electron chi connectivity index (χ0n) is 11.6. The molecule has 1 fully saturated rings. The van der Waals surface area contributed by atoms with E-state index < -0.39 is 5.97 Å². The molecule has 1 atom stereocenters. The molecule has 0 bridgehead atoms. The summed E-state index contributed by atoms with van der Waals surface area (Å²) in [7, 11) is 0. The standard InChI is InChI=1S/C17H21FO2/c1-2-3-16(17(19)20)14-6-4-12(5-7-14)13-8-10-15(18)11-9-13/h2,8-12,14,16H,1,3-7H2,(H,19,20). The Hall–Kier alpha value is -1.64. The van der Waals surface area contributed by atoms with Gasteiger partial charge in [-0.2, -0.15) is 0 Å². The van der Waals surface area contributed by atoms with Crippen molar-refractivity contribution in [2.45, 2.75) is 38.0 Å². The molecule has 1 aromatic carbocycles. The van der Waals surface area contributed by atoms with Gasteiger partial charge in [-0.05, 0) is 61.6 Å². The van der Waals surface area contributed by atoms with Crippen LogP contribution in [0, 0.1) is 17.7 Å². The highest BCUT2D eigenvalue weighted by molar-refractivity contribution is 5.70. The van der Waals surface area contributed by atoms with Crippen molar-refractivity contribution < 1.29 is 14.3 Å². The summed E-state index contributed by atoms with van der Waals surface area (Å²) in [5, 5.41) is 9.28. The lowest BCUT2D eigenvalue weighted by molar-refractivity contribution is -0.144. The number of carbonyl (C=O) groups is 1. The second-order valence-electron chi connectivity index (χ2n) is 5.63. The first kappa shape index (κ1) is 14.8. The van der Waals surface area contributed by atoms with Gasteiger partial charge in [-0.15, -0.1) is 6.58 Å². The number of aliphatic carboxylic acids is 1. The topological polar surface area (TPSA) is 37.3 Å². The van der Waals surface area contributed by atoms with Crippen LogP contribution in [0.25, 0.3) is 0 Å². The van der Waals surface area contributed by atoms with Crippen LogP contribution in [0.1, 0.15) is 43.6 Å². The van der Waals surface area contributed by atoms with E-state index in [9.17, 15) is 14.3 Å². The van der Waals surface area contributed by atoms with Crippen LogP contribution in [0.3, 0.4) is 0 Å². The minimum atomic E-state index is -0.713. The molecule has 0 spiro atoms. The molecule has 2 nitrogen and oxygen atoms in total. The number of rotatable bonds is 5. The fourth-order valence-corrected chi connectivity index (χ4v) is 3.26. The van der Waals surface area contributed by atoms with Crippen molar-refractivity contribution in [2.75, 3.05) is 0 Å². The predicted octanol–water partition coefficient (Wildman–Crippen LogP) is 4.38. The van der Waals surface area contributed by atoms with Crippen molar-refractivity contribution in [3.8, 4) is 0 Å². The molecule has 3 heteroatoms. The lowest BCUT2D eigenvalue weighted by atomic mass is 9.73. The van der Waals surface area contributed by atoms with E-state index in [4.69, 9.17) is 0 Å². The minimum absolute atomic E-state index is 0.209. The highest BCUT2D eigenvalue weighted by Crippen LogP contribution is 2.39. The zero-order chi connectivity index (χ0) is 14.5. The van der Waals surface area contributed by atoms with Gasteiger partial charge in [-0.25, -0.2) is 4.39 Å². The third-order valence-corrected chi connectivity index (χ3v) is 4.42. The van der Waals surface area contributed by atoms with E-state index in [0.29, 0.717) is 12.3 Å². The lowest BCUT2D eigenvalue weighted by Gasteiger charge is -2.32. The molecular weight excluding hydrogens is 255 g/mol. The Morgan fingerprint density at radius 3 is 2.40 bits per heavy atom. The molecule has 0 heterocycles. The van der Waals surface area contributed by atoms with Crippen LogP contribution in [0.15, 0.2) is 36.9 Å². The Morgan fingerprint density at radius 1 is 1.30 bits per heavy atom. The van der Waals surface area contributed by atoms with Gasteiger partial charge in [0.25, 0.3) is 0 Å². The lowest BCUT2D eigenvalue weighted by Crippen LogP contribution is -2.26. The second-order valence-corrected chi connectivity index (χ2v) is 5.63. The predicted molar refractivity (Wildman–Crippen MR) is 77.0 cm³/mol. The van der Waals surface area contributed by atoms with Crippen LogP contribution in [0.4, 0.5) is 4.39 Å². The molecule has 1 unspecified atom stereocenters. The molecule has 108 valence electrons. The molecule has 0 saturated heterocycles. The summed E-state index contributed by atoms with van der Waals surface area (Å²) in [6, 6.07) is 6.69. The molecule has 0 aromatic heterocycles. The Morgan fingerprint density at radius 2 is 1.90 bits per heavy atom. The van der Waals surface area contributed by atoms with Gasteiger partial charge in [0.2, 0.25) is 0 Å². The SMILES string of the molecule is C=CCC(C(=O)O)C1CCC(c2ccc(F)cc2)CC1. The highest BCUT2D eigenvalue weighted by atomic mass is 19.1. The number of hydrogen-bond donors (Lipinski definition) is 1. The van der Waals surface area contributed by atoms with E-state index in [1.54, 1.807) is 6.08 Å². The molecule has 1 aliphatic carbocycles. The molecule has 0 aliphatic heterocycles. The van der Waals surface area contributed by atoms with Crippen LogP contribution in [0.5, 0.6) is 0 Å². The van der Waals surface area contributed by atoms with E-state index in [1.807, 2.05) is 12.1 Å². The summed E-state index contributed by atoms with van der Waals surface area (Å²) in [5.41, 5.74) is 1.17. The van der Waals surface area contributed by atoms with Crippen LogP contribution in [-0.2, 0) is 4.79 Å². The maximum Gasteiger partial charge on any atom is 0.307 e. The molecule has 1 saturated carbocycles. The van der Waals surface area contributed by atoms with Gasteiger partial charge in [0.1, 0.15) is 5.82 Å². The molecular formula is C17H21FO2. The number of benzene rings is 1. The van der Waals surface area contributed by atoms with E-state index in [0.717, 1.165) is 25.7 Å². The third-order valence-electron chi connectivity index (χ3n) is 4.42. The van der Waals surface area contributed by atoms with Gasteiger partial charge in [0.05, 0.1) is 5.92 Å². The zero-order valence-corrected chi connectivity index (χ0v) is 11.6. The molecule has 0 amide bonds. The summed E-state index contributed by atoms with van der Waals surface area (Å²) >= 11 is 0. The average Bonchev–Trinajstić information content (AvgIpc) is 2.45. The summed E-state index contributed by atoms with van der Waals surface area (Å²) in [6.07, 6.45) is 6.06. The average molecular weight is 276 g/mol. The van der Waals surface area contributed by atoms with Crippen molar-refractivity contribution in [3.63, 3.8) is 0 Å². The summed E-state index contributed by atoms with van der Waals surface area (Å²) in [4.78, 5) is 11.3. The maximum atomic E-state index is 12.9. The van der Waals surface area contributed by atoms with Crippen LogP contribution in [0.2, 0.25) is 0 Å². The quantitative estimate of drug-likeness (QED) is 0.810. The summed E-state index contributed by atoms with van der Waals surface area (Å²) in [5.74, 6) is -0.552. The highest BCUT2D eigenvalue weighted by Gasteiger charge is 2.31. The number of hydrogen-bond acceptors (Lipinski definition) is 1. The largest absolute Gasteiger partial charge is 0.481 e. The molecule has 2 rings (SSSR count). The van der Waals surface area contributed by atoms with E-state index in [-0.39, 0.29) is 17.7 Å². The van der Waals surface area contributed by atoms with Crippen molar-refractivity contribution >= 4 is 5.97 Å². The normalized spacial score (nSPS) is 24.1. The van der Waals surface area contributed by atoms with Crippen molar-refractivity contribution in [2.24, 2.45) is 11.8 Å². The molecule has 20 heavy (non-hydrogen) atoms. The van der Waals surface area contributed by atoms with Crippen molar-refractivity contribution in [3.05, 3.63) is 48.3 Å². The first-order valence-electron chi connectivity index (χ1n) is 7.21. The summed E-state index contributed by atoms with van der Waals surface area (Å²) < 4.78 is 12.9. The fourth-order valence-electron chi connectivity index (χ4n) is 3.26. The Labute approximate surface area is 119 Å². The van der Waals surface area contributed by atoms with Crippen molar-refractivity contribution in [1.82, 2.24) is 0 Å².